The maximum Gasteiger partial charge on any atom is 0.118 e. The van der Waals surface area contributed by atoms with Crippen LogP contribution in [0.25, 0.3) is 11.1 Å². The molecule has 0 atom stereocenters. The molecule has 0 heterocycles. The summed E-state index contributed by atoms with van der Waals surface area (Å²) in [6.07, 6.45) is 3.06. The zero-order valence-corrected chi connectivity index (χ0v) is 17.7. The highest BCUT2D eigenvalue weighted by atomic mass is 16.5. The lowest BCUT2D eigenvalue weighted by Gasteiger charge is -2.15. The number of fused-ring (bicyclic) bond motifs is 1. The number of rotatable bonds is 6. The van der Waals surface area contributed by atoms with E-state index in [2.05, 4.69) is 74.5 Å². The summed E-state index contributed by atoms with van der Waals surface area (Å²) in [5, 5.41) is 0. The van der Waals surface area contributed by atoms with E-state index in [0.717, 1.165) is 30.8 Å². The summed E-state index contributed by atoms with van der Waals surface area (Å²) >= 11 is 0. The van der Waals surface area contributed by atoms with E-state index in [1.165, 1.54) is 44.5 Å². The highest BCUT2D eigenvalue weighted by Crippen LogP contribution is 2.45. The Kier molecular flexibility index (Phi) is 5.44. The van der Waals surface area contributed by atoms with Crippen molar-refractivity contribution >= 4 is 11.1 Å². The van der Waals surface area contributed by atoms with Gasteiger partial charge in [-0.1, -0.05) is 50.2 Å². The number of hydrogen-bond acceptors (Lipinski definition) is 2. The predicted octanol–water partition coefficient (Wildman–Crippen LogP) is 6.34. The maximum atomic E-state index is 5.38. The number of methoxy groups -OCH3 is 2. The summed E-state index contributed by atoms with van der Waals surface area (Å²) in [5.74, 6) is 1.77. The number of hydrogen-bond donors (Lipinski definition) is 0. The van der Waals surface area contributed by atoms with Crippen molar-refractivity contribution in [2.45, 2.75) is 33.1 Å². The van der Waals surface area contributed by atoms with Crippen molar-refractivity contribution in [2.24, 2.45) is 0 Å². The van der Waals surface area contributed by atoms with Crippen LogP contribution in [-0.4, -0.2) is 14.2 Å². The molecule has 0 spiro atoms. The van der Waals surface area contributed by atoms with Gasteiger partial charge in [0.25, 0.3) is 0 Å². The van der Waals surface area contributed by atoms with Crippen molar-refractivity contribution in [1.82, 2.24) is 0 Å². The third-order valence-electron chi connectivity index (χ3n) is 5.89. The molecule has 0 fully saturated rings. The summed E-state index contributed by atoms with van der Waals surface area (Å²) < 4.78 is 10.8. The van der Waals surface area contributed by atoms with Crippen LogP contribution >= 0.6 is 0 Å². The molecule has 148 valence electrons. The molecule has 0 N–H and O–H groups in total. The predicted molar refractivity (Wildman–Crippen MR) is 121 cm³/mol. The quantitative estimate of drug-likeness (QED) is 0.493. The van der Waals surface area contributed by atoms with Gasteiger partial charge in [-0.2, -0.15) is 0 Å². The molecule has 0 saturated carbocycles. The van der Waals surface area contributed by atoms with Crippen LogP contribution in [-0.2, 0) is 19.3 Å². The minimum atomic E-state index is 0.885. The SMILES string of the molecule is CCc1cc(CC)c2c(c1)CC(c1ccc(OC)cc1)=C2c1ccc(OC)cc1. The summed E-state index contributed by atoms with van der Waals surface area (Å²) in [6, 6.07) is 21.7. The summed E-state index contributed by atoms with van der Waals surface area (Å²) in [6.45, 7) is 4.49. The summed E-state index contributed by atoms with van der Waals surface area (Å²) in [5.41, 5.74) is 11.0. The van der Waals surface area contributed by atoms with Crippen molar-refractivity contribution in [3.63, 3.8) is 0 Å². The monoisotopic (exact) mass is 384 g/mol. The molecule has 0 unspecified atom stereocenters. The zero-order valence-electron chi connectivity index (χ0n) is 17.7. The van der Waals surface area contributed by atoms with Gasteiger partial charge in [-0.05, 0) is 88.1 Å². The Labute approximate surface area is 173 Å². The van der Waals surface area contributed by atoms with E-state index in [9.17, 15) is 0 Å². The van der Waals surface area contributed by atoms with Crippen molar-refractivity contribution in [1.29, 1.82) is 0 Å². The van der Waals surface area contributed by atoms with Crippen LogP contribution < -0.4 is 9.47 Å². The van der Waals surface area contributed by atoms with Gasteiger partial charge in [0.1, 0.15) is 11.5 Å². The fourth-order valence-electron chi connectivity index (χ4n) is 4.33. The van der Waals surface area contributed by atoms with Crippen LogP contribution in [0.4, 0.5) is 0 Å². The molecule has 4 rings (SSSR count). The normalized spacial score (nSPS) is 12.8. The van der Waals surface area contributed by atoms with Gasteiger partial charge in [0.15, 0.2) is 0 Å². The average Bonchev–Trinajstić information content (AvgIpc) is 3.18. The van der Waals surface area contributed by atoms with Gasteiger partial charge in [-0.25, -0.2) is 0 Å². The van der Waals surface area contributed by atoms with Gasteiger partial charge in [0, 0.05) is 0 Å². The molecule has 1 aliphatic rings. The first kappa shape index (κ1) is 19.3. The Balaban J connectivity index is 1.93. The molecular formula is C27H28O2. The van der Waals surface area contributed by atoms with E-state index in [0.29, 0.717) is 0 Å². The van der Waals surface area contributed by atoms with Gasteiger partial charge in [-0.15, -0.1) is 0 Å². The standard InChI is InChI=1S/C27H28O2/c1-5-18-15-19(6-2)26-22(16-18)17-25(20-7-11-23(28-3)12-8-20)27(26)21-9-13-24(29-4)14-10-21/h7-16H,5-6,17H2,1-4H3. The Bertz CT molecular complexity index is 1040. The summed E-state index contributed by atoms with van der Waals surface area (Å²) in [7, 11) is 3.42. The fraction of sp³-hybridized carbons (Fsp3) is 0.259. The van der Waals surface area contributed by atoms with E-state index >= 15 is 0 Å². The average molecular weight is 385 g/mol. The van der Waals surface area contributed by atoms with Gasteiger partial charge in [0.05, 0.1) is 14.2 Å². The Morgan fingerprint density at radius 3 is 1.83 bits per heavy atom. The molecule has 1 aliphatic carbocycles. The minimum absolute atomic E-state index is 0.885. The lowest BCUT2D eigenvalue weighted by molar-refractivity contribution is 0.414. The smallest absolute Gasteiger partial charge is 0.118 e. The second kappa shape index (κ2) is 8.16. The second-order valence-electron chi connectivity index (χ2n) is 7.48. The molecule has 29 heavy (non-hydrogen) atoms. The minimum Gasteiger partial charge on any atom is -0.497 e. The van der Waals surface area contributed by atoms with Gasteiger partial charge >= 0.3 is 0 Å². The van der Waals surface area contributed by atoms with Crippen molar-refractivity contribution in [2.75, 3.05) is 14.2 Å². The fourth-order valence-corrected chi connectivity index (χ4v) is 4.33. The molecule has 0 bridgehead atoms. The van der Waals surface area contributed by atoms with E-state index < -0.39 is 0 Å². The Morgan fingerprint density at radius 1 is 0.724 bits per heavy atom. The van der Waals surface area contributed by atoms with Crippen LogP contribution in [0, 0.1) is 0 Å². The molecule has 0 aliphatic heterocycles. The first-order valence-corrected chi connectivity index (χ1v) is 10.4. The van der Waals surface area contributed by atoms with Crippen LogP contribution in [0.15, 0.2) is 60.7 Å². The van der Waals surface area contributed by atoms with E-state index in [1.54, 1.807) is 14.2 Å². The summed E-state index contributed by atoms with van der Waals surface area (Å²) in [4.78, 5) is 0. The van der Waals surface area contributed by atoms with Crippen LogP contribution in [0.3, 0.4) is 0 Å². The molecule has 0 saturated heterocycles. The largest absolute Gasteiger partial charge is 0.497 e. The molecular weight excluding hydrogens is 356 g/mol. The molecule has 3 aromatic rings. The topological polar surface area (TPSA) is 18.5 Å². The first-order chi connectivity index (χ1) is 14.2. The number of ether oxygens (including phenoxy) is 2. The lowest BCUT2D eigenvalue weighted by atomic mass is 9.90. The van der Waals surface area contributed by atoms with Crippen molar-refractivity contribution in [3.8, 4) is 11.5 Å². The molecule has 2 nitrogen and oxygen atoms in total. The molecule has 0 amide bonds. The van der Waals surface area contributed by atoms with Gasteiger partial charge in [0.2, 0.25) is 0 Å². The number of aryl methyl sites for hydroxylation is 2. The van der Waals surface area contributed by atoms with Crippen molar-refractivity contribution < 1.29 is 9.47 Å². The first-order valence-electron chi connectivity index (χ1n) is 10.4. The maximum absolute atomic E-state index is 5.38. The molecule has 0 radical (unpaired) electrons. The van der Waals surface area contributed by atoms with E-state index in [-0.39, 0.29) is 0 Å². The van der Waals surface area contributed by atoms with Gasteiger partial charge < -0.3 is 9.47 Å². The third-order valence-corrected chi connectivity index (χ3v) is 5.89. The van der Waals surface area contributed by atoms with Gasteiger partial charge in [-0.3, -0.25) is 0 Å². The van der Waals surface area contributed by atoms with Crippen LogP contribution in [0.5, 0.6) is 11.5 Å². The van der Waals surface area contributed by atoms with Crippen LogP contribution in [0.1, 0.15) is 47.2 Å². The van der Waals surface area contributed by atoms with Crippen LogP contribution in [0.2, 0.25) is 0 Å². The zero-order chi connectivity index (χ0) is 20.4. The Morgan fingerprint density at radius 2 is 1.31 bits per heavy atom. The lowest BCUT2D eigenvalue weighted by Crippen LogP contribution is -1.97. The molecule has 3 aromatic carbocycles. The second-order valence-corrected chi connectivity index (χ2v) is 7.48. The third kappa shape index (κ3) is 3.55. The molecule has 2 heteroatoms. The Hall–Kier alpha value is -3.00. The molecule has 0 aromatic heterocycles. The number of allylic oxidation sites excluding steroid dienone is 1. The van der Waals surface area contributed by atoms with Crippen molar-refractivity contribution in [3.05, 3.63) is 94.0 Å². The number of benzene rings is 3. The highest BCUT2D eigenvalue weighted by Gasteiger charge is 2.26. The highest BCUT2D eigenvalue weighted by molar-refractivity contribution is 6.04. The van der Waals surface area contributed by atoms with E-state index in [4.69, 9.17) is 9.47 Å². The van der Waals surface area contributed by atoms with E-state index in [1.807, 2.05) is 0 Å².